The summed E-state index contributed by atoms with van der Waals surface area (Å²) in [6.45, 7) is 6.30. The molecule has 1 aromatic rings. The van der Waals surface area contributed by atoms with Crippen LogP contribution in [0.1, 0.15) is 38.7 Å². The zero-order valence-corrected chi connectivity index (χ0v) is 12.7. The zero-order valence-electron chi connectivity index (χ0n) is 11.9. The van der Waals surface area contributed by atoms with Gasteiger partial charge in [-0.3, -0.25) is 0 Å². The van der Waals surface area contributed by atoms with Crippen LogP contribution in [0.3, 0.4) is 0 Å². The quantitative estimate of drug-likeness (QED) is 0.925. The molecule has 0 saturated heterocycles. The number of aryl methyl sites for hydroxylation is 1. The highest BCUT2D eigenvalue weighted by molar-refractivity contribution is 7.89. The summed E-state index contributed by atoms with van der Waals surface area (Å²) in [5.41, 5.74) is 1.07. The molecule has 0 unspecified atom stereocenters. The third-order valence-electron chi connectivity index (χ3n) is 4.34. The molecule has 1 fully saturated rings. The molecule has 3 nitrogen and oxygen atoms in total. The monoisotopic (exact) mass is 281 g/mol. The fourth-order valence-corrected chi connectivity index (χ4v) is 4.09. The van der Waals surface area contributed by atoms with Gasteiger partial charge in [-0.25, -0.2) is 13.1 Å². The standard InChI is InChI=1S/C15H23NO2S/c1-11-7-9-14(10-8-11)19(17,18)16-15-6-4-5-12(2)13(15)3/h7-10,12-13,15-16H,4-6H2,1-3H3/t12-,13-,15+/m1/s1. The van der Waals surface area contributed by atoms with E-state index in [4.69, 9.17) is 0 Å². The molecule has 0 amide bonds. The fourth-order valence-electron chi connectivity index (χ4n) is 2.73. The molecule has 0 radical (unpaired) electrons. The first kappa shape index (κ1) is 14.5. The average molecular weight is 281 g/mol. The van der Waals surface area contributed by atoms with Crippen LogP contribution in [0.5, 0.6) is 0 Å². The van der Waals surface area contributed by atoms with E-state index in [1.165, 1.54) is 6.42 Å². The molecule has 0 spiro atoms. The van der Waals surface area contributed by atoms with E-state index in [0.29, 0.717) is 16.7 Å². The van der Waals surface area contributed by atoms with Crippen molar-refractivity contribution in [3.8, 4) is 0 Å². The first-order valence-electron chi connectivity index (χ1n) is 6.99. The van der Waals surface area contributed by atoms with E-state index in [9.17, 15) is 8.42 Å². The number of benzene rings is 1. The lowest BCUT2D eigenvalue weighted by molar-refractivity contribution is 0.227. The predicted molar refractivity (Wildman–Crippen MR) is 77.5 cm³/mol. The van der Waals surface area contributed by atoms with Gasteiger partial charge in [0, 0.05) is 6.04 Å². The highest BCUT2D eigenvalue weighted by atomic mass is 32.2. The Morgan fingerprint density at radius 1 is 1.11 bits per heavy atom. The number of sulfonamides is 1. The van der Waals surface area contributed by atoms with E-state index < -0.39 is 10.0 Å². The van der Waals surface area contributed by atoms with Crippen molar-refractivity contribution in [3.63, 3.8) is 0 Å². The molecule has 2 rings (SSSR count). The summed E-state index contributed by atoms with van der Waals surface area (Å²) in [6, 6.07) is 7.08. The van der Waals surface area contributed by atoms with Crippen LogP contribution in [0.2, 0.25) is 0 Å². The molecule has 3 atom stereocenters. The maximum Gasteiger partial charge on any atom is 0.240 e. The van der Waals surface area contributed by atoms with Gasteiger partial charge in [0.25, 0.3) is 0 Å². The largest absolute Gasteiger partial charge is 0.240 e. The Bertz CT molecular complexity index is 522. The van der Waals surface area contributed by atoms with Gasteiger partial charge in [0.15, 0.2) is 0 Å². The number of hydrogen-bond acceptors (Lipinski definition) is 2. The molecule has 1 aromatic carbocycles. The second kappa shape index (κ2) is 5.63. The van der Waals surface area contributed by atoms with Gasteiger partial charge in [-0.05, 0) is 37.3 Å². The Morgan fingerprint density at radius 3 is 2.37 bits per heavy atom. The summed E-state index contributed by atoms with van der Waals surface area (Å²) in [7, 11) is -3.38. The lowest BCUT2D eigenvalue weighted by atomic mass is 9.78. The molecule has 1 saturated carbocycles. The Balaban J connectivity index is 2.15. The van der Waals surface area contributed by atoms with Crippen LogP contribution < -0.4 is 4.72 Å². The van der Waals surface area contributed by atoms with Crippen LogP contribution in [0, 0.1) is 18.8 Å². The Kier molecular flexibility index (Phi) is 4.31. The van der Waals surface area contributed by atoms with E-state index in [-0.39, 0.29) is 6.04 Å². The summed E-state index contributed by atoms with van der Waals surface area (Å²) in [4.78, 5) is 0.364. The van der Waals surface area contributed by atoms with Crippen LogP contribution in [-0.2, 0) is 10.0 Å². The van der Waals surface area contributed by atoms with Crippen molar-refractivity contribution in [1.29, 1.82) is 0 Å². The molecule has 4 heteroatoms. The maximum atomic E-state index is 12.4. The maximum absolute atomic E-state index is 12.4. The number of nitrogens with one attached hydrogen (secondary N) is 1. The van der Waals surface area contributed by atoms with Gasteiger partial charge in [0.2, 0.25) is 10.0 Å². The van der Waals surface area contributed by atoms with Gasteiger partial charge in [0.1, 0.15) is 0 Å². The smallest absolute Gasteiger partial charge is 0.208 e. The van der Waals surface area contributed by atoms with Crippen LogP contribution in [0.25, 0.3) is 0 Å². The summed E-state index contributed by atoms with van der Waals surface area (Å²) in [6.07, 6.45) is 3.24. The van der Waals surface area contributed by atoms with Crippen LogP contribution in [0.4, 0.5) is 0 Å². The molecular weight excluding hydrogens is 258 g/mol. The molecule has 1 aliphatic rings. The minimum atomic E-state index is -3.38. The van der Waals surface area contributed by atoms with Gasteiger partial charge in [-0.1, -0.05) is 44.4 Å². The SMILES string of the molecule is Cc1ccc(S(=O)(=O)N[C@H]2CCC[C@@H](C)[C@H]2C)cc1. The van der Waals surface area contributed by atoms with Crippen molar-refractivity contribution < 1.29 is 8.42 Å². The highest BCUT2D eigenvalue weighted by Gasteiger charge is 2.30. The van der Waals surface area contributed by atoms with Crippen molar-refractivity contribution in [2.45, 2.75) is 51.0 Å². The van der Waals surface area contributed by atoms with Crippen LogP contribution >= 0.6 is 0 Å². The highest BCUT2D eigenvalue weighted by Crippen LogP contribution is 2.30. The number of rotatable bonds is 3. The van der Waals surface area contributed by atoms with Crippen molar-refractivity contribution in [2.24, 2.45) is 11.8 Å². The summed E-state index contributed by atoms with van der Waals surface area (Å²) >= 11 is 0. The molecule has 0 heterocycles. The topological polar surface area (TPSA) is 46.2 Å². The normalized spacial score (nSPS) is 28.3. The number of hydrogen-bond donors (Lipinski definition) is 1. The summed E-state index contributed by atoms with van der Waals surface area (Å²) in [5.74, 6) is 0.980. The lowest BCUT2D eigenvalue weighted by Crippen LogP contribution is -2.43. The van der Waals surface area contributed by atoms with E-state index >= 15 is 0 Å². The summed E-state index contributed by atoms with van der Waals surface area (Å²) in [5, 5.41) is 0. The molecule has 106 valence electrons. The van der Waals surface area contributed by atoms with Crippen molar-refractivity contribution in [3.05, 3.63) is 29.8 Å². The fraction of sp³-hybridized carbons (Fsp3) is 0.600. The molecule has 0 aliphatic heterocycles. The molecule has 0 bridgehead atoms. The Labute approximate surface area is 116 Å². The van der Waals surface area contributed by atoms with Crippen molar-refractivity contribution in [1.82, 2.24) is 4.72 Å². The van der Waals surface area contributed by atoms with Gasteiger partial charge in [-0.2, -0.15) is 0 Å². The molecular formula is C15H23NO2S. The van der Waals surface area contributed by atoms with Gasteiger partial charge < -0.3 is 0 Å². The van der Waals surface area contributed by atoms with E-state index in [1.54, 1.807) is 12.1 Å². The van der Waals surface area contributed by atoms with E-state index in [1.807, 2.05) is 19.1 Å². The van der Waals surface area contributed by atoms with Crippen LogP contribution in [0.15, 0.2) is 29.2 Å². The lowest BCUT2D eigenvalue weighted by Gasteiger charge is -2.34. The van der Waals surface area contributed by atoms with E-state index in [0.717, 1.165) is 18.4 Å². The van der Waals surface area contributed by atoms with Crippen molar-refractivity contribution in [2.75, 3.05) is 0 Å². The zero-order chi connectivity index (χ0) is 14.0. The first-order valence-corrected chi connectivity index (χ1v) is 8.47. The molecule has 1 N–H and O–H groups in total. The average Bonchev–Trinajstić information content (AvgIpc) is 2.35. The predicted octanol–water partition coefficient (Wildman–Crippen LogP) is 3.10. The van der Waals surface area contributed by atoms with Gasteiger partial charge in [0.05, 0.1) is 4.90 Å². The first-order chi connectivity index (χ1) is 8.90. The van der Waals surface area contributed by atoms with Crippen molar-refractivity contribution >= 4 is 10.0 Å². The third kappa shape index (κ3) is 3.37. The Morgan fingerprint density at radius 2 is 1.74 bits per heavy atom. The second-order valence-corrected chi connectivity index (χ2v) is 7.52. The third-order valence-corrected chi connectivity index (χ3v) is 5.85. The minimum absolute atomic E-state index is 0.0649. The van der Waals surface area contributed by atoms with Crippen LogP contribution in [-0.4, -0.2) is 14.5 Å². The minimum Gasteiger partial charge on any atom is -0.208 e. The second-order valence-electron chi connectivity index (χ2n) is 5.81. The van der Waals surface area contributed by atoms with Gasteiger partial charge >= 0.3 is 0 Å². The molecule has 0 aromatic heterocycles. The van der Waals surface area contributed by atoms with Gasteiger partial charge in [-0.15, -0.1) is 0 Å². The Hall–Kier alpha value is -0.870. The molecule has 19 heavy (non-hydrogen) atoms. The molecule has 1 aliphatic carbocycles. The summed E-state index contributed by atoms with van der Waals surface area (Å²) < 4.78 is 27.6. The van der Waals surface area contributed by atoms with E-state index in [2.05, 4.69) is 18.6 Å².